The molecule has 0 amide bonds. The van der Waals surface area contributed by atoms with Crippen molar-refractivity contribution >= 4 is 13.3 Å². The minimum atomic E-state index is -0.449. The average Bonchev–Trinajstić information content (AvgIpc) is 2.05. The fourth-order valence-electron chi connectivity index (χ4n) is 0.992. The molecule has 0 saturated carbocycles. The van der Waals surface area contributed by atoms with Crippen LogP contribution in [0.4, 0.5) is 0 Å². The molecular formula is C10H10BN. The first-order valence-electron chi connectivity index (χ1n) is 3.83. The van der Waals surface area contributed by atoms with E-state index in [1.54, 1.807) is 0 Å². The van der Waals surface area contributed by atoms with Gasteiger partial charge in [-0.05, 0) is 19.4 Å². The molecule has 1 nitrogen and oxygen atoms in total. The van der Waals surface area contributed by atoms with E-state index in [0.29, 0.717) is 5.46 Å². The maximum Gasteiger partial charge on any atom is 0.113 e. The predicted octanol–water partition coefficient (Wildman–Crippen LogP) is 1.28. The van der Waals surface area contributed by atoms with Crippen molar-refractivity contribution in [3.8, 4) is 6.07 Å². The lowest BCUT2D eigenvalue weighted by Crippen LogP contribution is -2.16. The molecule has 0 fully saturated rings. The molecule has 2 radical (unpaired) electrons. The third kappa shape index (κ3) is 1.68. The maximum absolute atomic E-state index is 8.85. The van der Waals surface area contributed by atoms with E-state index in [1.807, 2.05) is 38.1 Å². The van der Waals surface area contributed by atoms with Crippen LogP contribution in [0.25, 0.3) is 0 Å². The molecule has 58 valence electrons. The summed E-state index contributed by atoms with van der Waals surface area (Å²) in [6, 6.07) is 9.66. The number of hydrogen-bond donors (Lipinski definition) is 0. The van der Waals surface area contributed by atoms with Crippen molar-refractivity contribution in [2.24, 2.45) is 0 Å². The Balaban J connectivity index is 3.14. The van der Waals surface area contributed by atoms with Gasteiger partial charge in [0.25, 0.3) is 0 Å². The van der Waals surface area contributed by atoms with E-state index in [9.17, 15) is 0 Å². The van der Waals surface area contributed by atoms with Crippen LogP contribution in [-0.4, -0.2) is 7.85 Å². The van der Waals surface area contributed by atoms with Crippen molar-refractivity contribution in [1.29, 1.82) is 5.26 Å². The maximum atomic E-state index is 8.85. The van der Waals surface area contributed by atoms with Crippen LogP contribution < -0.4 is 5.46 Å². The first-order chi connectivity index (χ1) is 5.56. The standard InChI is InChI=1S/C10H10BN/c1-10(2,7-12)8-4-3-5-9(11)6-8/h3-6H,1-2H3. The molecule has 0 spiro atoms. The van der Waals surface area contributed by atoms with Gasteiger partial charge in [-0.2, -0.15) is 5.26 Å². The second-order valence-electron chi connectivity index (χ2n) is 3.36. The average molecular weight is 155 g/mol. The minimum absolute atomic E-state index is 0.449. The van der Waals surface area contributed by atoms with Crippen LogP contribution in [0.2, 0.25) is 0 Å². The molecule has 0 atom stereocenters. The lowest BCUT2D eigenvalue weighted by atomic mass is 9.83. The molecule has 0 heterocycles. The third-order valence-electron chi connectivity index (χ3n) is 1.89. The number of nitriles is 1. The second-order valence-corrected chi connectivity index (χ2v) is 3.36. The zero-order valence-corrected chi connectivity index (χ0v) is 7.33. The quantitative estimate of drug-likeness (QED) is 0.560. The van der Waals surface area contributed by atoms with Crippen LogP contribution in [0.1, 0.15) is 19.4 Å². The second kappa shape index (κ2) is 3.02. The van der Waals surface area contributed by atoms with Gasteiger partial charge < -0.3 is 0 Å². The Bertz CT molecular complexity index is 323. The molecule has 0 N–H and O–H groups in total. The third-order valence-corrected chi connectivity index (χ3v) is 1.89. The molecule has 0 aliphatic heterocycles. The van der Waals surface area contributed by atoms with Gasteiger partial charge in [0.2, 0.25) is 0 Å². The number of nitrogens with zero attached hydrogens (tertiary/aromatic N) is 1. The molecule has 1 rings (SSSR count). The van der Waals surface area contributed by atoms with Crippen molar-refractivity contribution in [3.05, 3.63) is 29.8 Å². The van der Waals surface area contributed by atoms with E-state index in [2.05, 4.69) is 6.07 Å². The van der Waals surface area contributed by atoms with E-state index >= 15 is 0 Å². The molecule has 0 saturated heterocycles. The Hall–Kier alpha value is -1.23. The summed E-state index contributed by atoms with van der Waals surface area (Å²) in [6.45, 7) is 3.75. The molecule has 0 aliphatic rings. The highest BCUT2D eigenvalue weighted by Gasteiger charge is 2.18. The van der Waals surface area contributed by atoms with Crippen LogP contribution in [0.3, 0.4) is 0 Å². The SMILES string of the molecule is [B]c1cccc(C(C)(C)C#N)c1. The molecule has 0 aliphatic carbocycles. The van der Waals surface area contributed by atoms with Crippen LogP contribution in [0.15, 0.2) is 24.3 Å². The van der Waals surface area contributed by atoms with Gasteiger partial charge in [-0.25, -0.2) is 0 Å². The lowest BCUT2D eigenvalue weighted by Gasteiger charge is -2.15. The minimum Gasteiger partial charge on any atom is -0.197 e. The van der Waals surface area contributed by atoms with Crippen molar-refractivity contribution in [2.45, 2.75) is 19.3 Å². The molecule has 1 aromatic carbocycles. The van der Waals surface area contributed by atoms with Crippen LogP contribution in [0.5, 0.6) is 0 Å². The summed E-state index contributed by atoms with van der Waals surface area (Å²) >= 11 is 0. The lowest BCUT2D eigenvalue weighted by molar-refractivity contribution is 0.687. The summed E-state index contributed by atoms with van der Waals surface area (Å²) in [4.78, 5) is 0. The molecule has 0 bridgehead atoms. The monoisotopic (exact) mass is 155 g/mol. The van der Waals surface area contributed by atoms with Crippen molar-refractivity contribution in [3.63, 3.8) is 0 Å². The van der Waals surface area contributed by atoms with Crippen LogP contribution >= 0.6 is 0 Å². The van der Waals surface area contributed by atoms with E-state index in [-0.39, 0.29) is 0 Å². The summed E-state index contributed by atoms with van der Waals surface area (Å²) in [5.74, 6) is 0. The zero-order chi connectivity index (χ0) is 9.19. The van der Waals surface area contributed by atoms with Crippen LogP contribution in [0, 0.1) is 11.3 Å². The van der Waals surface area contributed by atoms with E-state index in [0.717, 1.165) is 5.56 Å². The Morgan fingerprint density at radius 1 is 1.42 bits per heavy atom. The fraction of sp³-hybridized carbons (Fsp3) is 0.300. The zero-order valence-electron chi connectivity index (χ0n) is 7.33. The van der Waals surface area contributed by atoms with E-state index in [4.69, 9.17) is 13.1 Å². The fourth-order valence-corrected chi connectivity index (χ4v) is 0.992. The van der Waals surface area contributed by atoms with Gasteiger partial charge in [0.1, 0.15) is 7.85 Å². The van der Waals surface area contributed by atoms with Gasteiger partial charge in [-0.3, -0.25) is 0 Å². The highest BCUT2D eigenvalue weighted by molar-refractivity contribution is 6.32. The number of benzene rings is 1. The number of rotatable bonds is 1. The summed E-state index contributed by atoms with van der Waals surface area (Å²) in [5, 5.41) is 8.85. The van der Waals surface area contributed by atoms with Gasteiger partial charge >= 0.3 is 0 Å². The van der Waals surface area contributed by atoms with Crippen molar-refractivity contribution < 1.29 is 0 Å². The van der Waals surface area contributed by atoms with E-state index in [1.165, 1.54) is 0 Å². The highest BCUT2D eigenvalue weighted by atomic mass is 14.3. The number of hydrogen-bond acceptors (Lipinski definition) is 1. The predicted molar refractivity (Wildman–Crippen MR) is 50.5 cm³/mol. The largest absolute Gasteiger partial charge is 0.197 e. The Kier molecular flexibility index (Phi) is 2.24. The first kappa shape index (κ1) is 8.87. The van der Waals surface area contributed by atoms with Gasteiger partial charge in [-0.1, -0.05) is 29.7 Å². The summed E-state index contributed by atoms with van der Waals surface area (Å²) < 4.78 is 0. The highest BCUT2D eigenvalue weighted by Crippen LogP contribution is 2.20. The molecule has 12 heavy (non-hydrogen) atoms. The Morgan fingerprint density at radius 3 is 2.58 bits per heavy atom. The molecule has 0 unspecified atom stereocenters. The van der Waals surface area contributed by atoms with Crippen molar-refractivity contribution in [1.82, 2.24) is 0 Å². The van der Waals surface area contributed by atoms with Crippen LogP contribution in [-0.2, 0) is 5.41 Å². The molecule has 1 aromatic rings. The van der Waals surface area contributed by atoms with E-state index < -0.39 is 5.41 Å². The van der Waals surface area contributed by atoms with Gasteiger partial charge in [0.15, 0.2) is 0 Å². The molecule has 0 aromatic heterocycles. The smallest absolute Gasteiger partial charge is 0.113 e. The molecule has 2 heteroatoms. The summed E-state index contributed by atoms with van der Waals surface area (Å²) in [5.41, 5.74) is 1.22. The van der Waals surface area contributed by atoms with Gasteiger partial charge in [0, 0.05) is 0 Å². The Morgan fingerprint density at radius 2 is 2.08 bits per heavy atom. The molecular weight excluding hydrogens is 145 g/mol. The summed E-state index contributed by atoms with van der Waals surface area (Å²) in [6.07, 6.45) is 0. The van der Waals surface area contributed by atoms with Crippen molar-refractivity contribution in [2.75, 3.05) is 0 Å². The summed E-state index contributed by atoms with van der Waals surface area (Å²) in [7, 11) is 5.60. The normalized spacial score (nSPS) is 10.8. The Labute approximate surface area is 74.4 Å². The first-order valence-corrected chi connectivity index (χ1v) is 3.83. The van der Waals surface area contributed by atoms with Gasteiger partial charge in [-0.15, -0.1) is 0 Å². The topological polar surface area (TPSA) is 23.8 Å². The van der Waals surface area contributed by atoms with Gasteiger partial charge in [0.05, 0.1) is 11.5 Å².